The number of aromatic nitrogens is 2. The van der Waals surface area contributed by atoms with Crippen LogP contribution in [0.15, 0.2) is 66.9 Å². The van der Waals surface area contributed by atoms with E-state index in [1.54, 1.807) is 0 Å². The number of nitrogens with one attached hydrogen (secondary N) is 1. The Kier molecular flexibility index (Phi) is 6.46. The van der Waals surface area contributed by atoms with Crippen LogP contribution in [0, 0.1) is 11.3 Å². The van der Waals surface area contributed by atoms with Gasteiger partial charge in [0.05, 0.1) is 22.9 Å². The molecule has 5 heteroatoms. The molecule has 2 fully saturated rings. The van der Waals surface area contributed by atoms with E-state index in [0.29, 0.717) is 12.0 Å². The molecule has 3 aromatic rings. The van der Waals surface area contributed by atoms with Gasteiger partial charge in [-0.05, 0) is 114 Å². The topological polar surface area (TPSA) is 55.4 Å². The van der Waals surface area contributed by atoms with Crippen molar-refractivity contribution in [1.29, 1.82) is 0 Å². The van der Waals surface area contributed by atoms with E-state index in [4.69, 9.17) is 4.98 Å². The summed E-state index contributed by atoms with van der Waals surface area (Å²) in [5.74, 6) is 0.385. The summed E-state index contributed by atoms with van der Waals surface area (Å²) in [4.78, 5) is 14.4. The Bertz CT molecular complexity index is 1530. The Morgan fingerprint density at radius 3 is 2.71 bits per heavy atom. The summed E-state index contributed by atoms with van der Waals surface area (Å²) < 4.78 is 0. The minimum absolute atomic E-state index is 0.00403. The average Bonchev–Trinajstić information content (AvgIpc) is 3.49. The van der Waals surface area contributed by atoms with Gasteiger partial charge in [-0.25, -0.2) is 0 Å². The highest BCUT2D eigenvalue weighted by Gasteiger charge is 2.65. The van der Waals surface area contributed by atoms with Crippen LogP contribution in [0.25, 0.3) is 27.4 Å². The molecule has 0 saturated carbocycles. The van der Waals surface area contributed by atoms with E-state index >= 15 is 0 Å². The Hall–Kier alpha value is -2.73. The van der Waals surface area contributed by atoms with Crippen LogP contribution in [0.3, 0.4) is 0 Å². The summed E-state index contributed by atoms with van der Waals surface area (Å²) in [7, 11) is 0. The van der Waals surface area contributed by atoms with Crippen molar-refractivity contribution in [3.8, 4) is 0 Å². The van der Waals surface area contributed by atoms with E-state index in [1.807, 2.05) is 6.20 Å². The molecular weight excluding hydrogens is 504 g/mol. The van der Waals surface area contributed by atoms with E-state index in [1.165, 1.54) is 55.0 Å². The third-order valence-electron chi connectivity index (χ3n) is 11.2. The Balaban J connectivity index is 1.35. The predicted octanol–water partition coefficient (Wildman–Crippen LogP) is 6.86. The highest BCUT2D eigenvalue weighted by molar-refractivity contribution is 6.09. The molecule has 8 rings (SSSR count). The minimum Gasteiger partial charge on any atom is -0.384 e. The van der Waals surface area contributed by atoms with E-state index in [0.717, 1.165) is 68.5 Å². The normalized spacial score (nSPS) is 37.6. The molecule has 4 aliphatic heterocycles. The fourth-order valence-corrected chi connectivity index (χ4v) is 9.59. The molecule has 1 aliphatic carbocycles. The molecule has 5 aliphatic rings. The highest BCUT2D eigenvalue weighted by atomic mass is 16.3. The van der Waals surface area contributed by atoms with Gasteiger partial charge in [0.25, 0.3) is 0 Å². The van der Waals surface area contributed by atoms with Gasteiger partial charge in [0.2, 0.25) is 0 Å². The van der Waals surface area contributed by atoms with Crippen molar-refractivity contribution in [3.05, 3.63) is 72.6 Å². The third-order valence-corrected chi connectivity index (χ3v) is 11.2. The lowest BCUT2D eigenvalue weighted by Crippen LogP contribution is -2.65. The number of hydrogen-bond acceptors (Lipinski definition) is 4. The van der Waals surface area contributed by atoms with Crippen LogP contribution in [-0.4, -0.2) is 68.7 Å². The van der Waals surface area contributed by atoms with Crippen LogP contribution in [0.5, 0.6) is 0 Å². The number of H-pyrrole nitrogens is 1. The lowest BCUT2D eigenvalue weighted by atomic mass is 9.54. The van der Waals surface area contributed by atoms with Gasteiger partial charge in [0.15, 0.2) is 0 Å². The second kappa shape index (κ2) is 10.2. The summed E-state index contributed by atoms with van der Waals surface area (Å²) >= 11 is 0. The van der Waals surface area contributed by atoms with Gasteiger partial charge in [-0.15, -0.1) is 0 Å². The molecule has 5 nitrogen and oxygen atoms in total. The number of para-hydroxylation sites is 1. The average molecular weight is 549 g/mol. The lowest BCUT2D eigenvalue weighted by Gasteiger charge is -2.58. The molecule has 41 heavy (non-hydrogen) atoms. The summed E-state index contributed by atoms with van der Waals surface area (Å²) in [6.45, 7) is 4.47. The van der Waals surface area contributed by atoms with Crippen LogP contribution in [0.2, 0.25) is 0 Å². The zero-order chi connectivity index (χ0) is 27.4. The molecule has 1 aromatic carbocycles. The number of rotatable bonds is 1. The standard InChI is InChI=1S/C36H44N4O/c41-36-18-10-4-1-2-5-11-20-39-22-17-30(35(25-39)23-26-13-7-3-6-12-21-40(26)34(35)36)29(24-36)32-33-28(16-19-37-32)27-14-8-9-15-31(27)38-33/h1,4,7-9,13-16,19,24,26,30,34,38,41H,2-3,5-6,10-12,17-18,20-23,25H2/b4-1-,13-7-. The first-order valence-electron chi connectivity index (χ1n) is 16.3. The first-order valence-corrected chi connectivity index (χ1v) is 16.3. The number of pyridine rings is 1. The number of aromatic amines is 1. The van der Waals surface area contributed by atoms with Crippen LogP contribution < -0.4 is 0 Å². The number of fused-ring (bicyclic) bond motifs is 5. The zero-order valence-corrected chi connectivity index (χ0v) is 24.3. The van der Waals surface area contributed by atoms with E-state index in [-0.39, 0.29) is 11.5 Å². The Labute approximate surface area is 244 Å². The lowest BCUT2D eigenvalue weighted by molar-refractivity contribution is -0.0894. The first-order chi connectivity index (χ1) is 20.2. The SMILES string of the molecule is OC12C=C(c3nccc4c3[nH]c3ccccc34)C3CCN(CCCC/C=C\CC1)CC31CC3/C=C\CCCCN3C21. The van der Waals surface area contributed by atoms with Crippen LogP contribution in [-0.2, 0) is 0 Å². The fraction of sp³-hybridized carbons (Fsp3) is 0.528. The van der Waals surface area contributed by atoms with Crippen LogP contribution in [0.4, 0.5) is 0 Å². The number of hydrogen-bond donors (Lipinski definition) is 2. The van der Waals surface area contributed by atoms with Crippen molar-refractivity contribution < 1.29 is 5.11 Å². The molecule has 6 unspecified atom stereocenters. The van der Waals surface area contributed by atoms with Crippen LogP contribution >= 0.6 is 0 Å². The molecule has 2 aromatic heterocycles. The van der Waals surface area contributed by atoms with Gasteiger partial charge < -0.3 is 15.0 Å². The summed E-state index contributed by atoms with van der Waals surface area (Å²) in [5.41, 5.74) is 3.74. The third kappa shape index (κ3) is 4.18. The Morgan fingerprint density at radius 2 is 1.76 bits per heavy atom. The summed E-state index contributed by atoms with van der Waals surface area (Å²) in [6.07, 6.45) is 25.2. The molecule has 2 saturated heterocycles. The maximum absolute atomic E-state index is 13.1. The molecule has 1 spiro atoms. The smallest absolute Gasteiger partial charge is 0.0998 e. The van der Waals surface area contributed by atoms with Crippen molar-refractivity contribution >= 4 is 27.4 Å². The first kappa shape index (κ1) is 25.9. The summed E-state index contributed by atoms with van der Waals surface area (Å²) in [5, 5.41) is 15.5. The van der Waals surface area contributed by atoms with Crippen molar-refractivity contribution in [1.82, 2.24) is 19.8 Å². The van der Waals surface area contributed by atoms with Gasteiger partial charge in [0, 0.05) is 40.5 Å². The predicted molar refractivity (Wildman–Crippen MR) is 168 cm³/mol. The minimum atomic E-state index is -0.898. The number of allylic oxidation sites excluding steroid dienone is 4. The van der Waals surface area contributed by atoms with Gasteiger partial charge in [-0.1, -0.05) is 42.5 Å². The zero-order valence-electron chi connectivity index (χ0n) is 24.3. The van der Waals surface area contributed by atoms with Crippen molar-refractivity contribution in [2.75, 3.05) is 26.2 Å². The monoisotopic (exact) mass is 548 g/mol. The van der Waals surface area contributed by atoms with Crippen molar-refractivity contribution in [2.24, 2.45) is 11.3 Å². The number of aliphatic hydroxyl groups is 1. The van der Waals surface area contributed by atoms with E-state index in [2.05, 4.69) is 75.5 Å². The van der Waals surface area contributed by atoms with Gasteiger partial charge in [-0.3, -0.25) is 9.88 Å². The maximum atomic E-state index is 13.1. The largest absolute Gasteiger partial charge is 0.384 e. The fourth-order valence-electron chi connectivity index (χ4n) is 9.59. The number of nitrogens with zero attached hydrogens (tertiary/aromatic N) is 3. The van der Waals surface area contributed by atoms with Crippen LogP contribution in [0.1, 0.15) is 69.9 Å². The number of benzene rings is 1. The van der Waals surface area contributed by atoms with Gasteiger partial charge in [-0.2, -0.15) is 0 Å². The maximum Gasteiger partial charge on any atom is 0.0998 e. The molecule has 6 heterocycles. The molecule has 3 bridgehead atoms. The van der Waals surface area contributed by atoms with Crippen molar-refractivity contribution in [3.63, 3.8) is 0 Å². The van der Waals surface area contributed by atoms with Crippen molar-refractivity contribution in [2.45, 2.75) is 81.9 Å². The molecule has 2 N–H and O–H groups in total. The highest BCUT2D eigenvalue weighted by Crippen LogP contribution is 2.61. The second-order valence-corrected chi connectivity index (χ2v) is 13.5. The molecule has 0 radical (unpaired) electrons. The molecule has 214 valence electrons. The van der Waals surface area contributed by atoms with E-state index in [9.17, 15) is 5.11 Å². The Morgan fingerprint density at radius 1 is 0.902 bits per heavy atom. The molecule has 6 atom stereocenters. The quantitative estimate of drug-likeness (QED) is 0.326. The molecular formula is C36H44N4O. The van der Waals surface area contributed by atoms with Gasteiger partial charge >= 0.3 is 0 Å². The van der Waals surface area contributed by atoms with E-state index < -0.39 is 5.60 Å². The number of piperidine rings is 1. The second-order valence-electron chi connectivity index (χ2n) is 13.5. The summed E-state index contributed by atoms with van der Waals surface area (Å²) in [6, 6.07) is 11.3. The van der Waals surface area contributed by atoms with Gasteiger partial charge in [0.1, 0.15) is 0 Å². The molecule has 0 amide bonds.